The number of amides is 1. The van der Waals surface area contributed by atoms with Gasteiger partial charge < -0.3 is 10.5 Å². The third-order valence-electron chi connectivity index (χ3n) is 2.47. The molecule has 0 saturated carbocycles. The molecule has 0 spiro atoms. The summed E-state index contributed by atoms with van der Waals surface area (Å²) in [7, 11) is 0. The molecular weight excluding hydrogens is 349 g/mol. The molecule has 1 amide bonds. The number of hydroxylamine groups is 1. The first kappa shape index (κ1) is 22.5. The molecule has 0 fully saturated rings. The zero-order valence-corrected chi connectivity index (χ0v) is 14.8. The van der Waals surface area contributed by atoms with Crippen molar-refractivity contribution in [1.29, 1.82) is 5.41 Å². The van der Waals surface area contributed by atoms with Crippen LogP contribution in [0.15, 0.2) is 46.5 Å². The van der Waals surface area contributed by atoms with Gasteiger partial charge in [-0.2, -0.15) is 0 Å². The summed E-state index contributed by atoms with van der Waals surface area (Å²) in [6.45, 7) is 4.10. The van der Waals surface area contributed by atoms with Crippen molar-refractivity contribution in [2.75, 3.05) is 12.3 Å². The van der Waals surface area contributed by atoms with Crippen molar-refractivity contribution >= 4 is 34.3 Å². The molecule has 10 heteroatoms. The summed E-state index contributed by atoms with van der Waals surface area (Å²) in [5, 5.41) is 31.5. The molecule has 8 nitrogen and oxygen atoms in total. The molecule has 0 aliphatic carbocycles. The lowest BCUT2D eigenvalue weighted by Gasteiger charge is -2.08. The van der Waals surface area contributed by atoms with Crippen LogP contribution in [0, 0.1) is 5.41 Å². The Kier molecular flexibility index (Phi) is 12.6. The number of thioether (sulfide) groups is 1. The van der Waals surface area contributed by atoms with Crippen molar-refractivity contribution < 1.29 is 19.6 Å². The minimum absolute atomic E-state index is 0.0721. The van der Waals surface area contributed by atoms with E-state index in [-0.39, 0.29) is 28.2 Å². The van der Waals surface area contributed by atoms with Gasteiger partial charge in [-0.3, -0.25) is 20.9 Å². The Morgan fingerprint density at radius 2 is 2.12 bits per heavy atom. The molecule has 0 bridgehead atoms. The summed E-state index contributed by atoms with van der Waals surface area (Å²) in [6, 6.07) is 0. The lowest BCUT2D eigenvalue weighted by atomic mass is 10.3. The van der Waals surface area contributed by atoms with Crippen molar-refractivity contribution in [3.8, 4) is 0 Å². The van der Waals surface area contributed by atoms with Gasteiger partial charge in [-0.05, 0) is 31.6 Å². The van der Waals surface area contributed by atoms with Crippen LogP contribution in [0.3, 0.4) is 0 Å². The van der Waals surface area contributed by atoms with Gasteiger partial charge in [0, 0.05) is 6.54 Å². The van der Waals surface area contributed by atoms with Crippen LogP contribution in [0.25, 0.3) is 0 Å². The Hall–Kier alpha value is -2.46. The summed E-state index contributed by atoms with van der Waals surface area (Å²) in [5.74, 6) is -0.691. The molecule has 0 saturated heterocycles. The second-order valence-electron chi connectivity index (χ2n) is 4.32. The zero-order valence-electron chi connectivity index (χ0n) is 14.0. The molecule has 0 atom stereocenters. The van der Waals surface area contributed by atoms with E-state index in [0.717, 1.165) is 17.8 Å². The summed E-state index contributed by atoms with van der Waals surface area (Å²) in [6.07, 6.45) is 6.77. The maximum absolute atomic E-state index is 12.2. The van der Waals surface area contributed by atoms with E-state index in [1.807, 2.05) is 6.92 Å². The normalized spacial score (nSPS) is 13.5. The fraction of sp³-hybridized carbons (Fsp3) is 0.333. The van der Waals surface area contributed by atoms with Gasteiger partial charge in [0.1, 0.15) is 5.71 Å². The predicted molar refractivity (Wildman–Crippen MR) is 98.2 cm³/mol. The van der Waals surface area contributed by atoms with E-state index in [1.54, 1.807) is 24.6 Å². The molecule has 25 heavy (non-hydrogen) atoms. The standard InChI is InChI=1S/C15H22FN5O3S/c1-3-5-7-11(8-6-9-16)19-14(20-23)13(17)15(21-24)25-10-12(22)18-4-2/h5-9,17,23-24H,3-4,10H2,1-2H3,(H,18,22)(H,19,20)/b7-5-,9-6+,11-8+,17-13?,21-15+. The number of amidine groups is 1. The van der Waals surface area contributed by atoms with Gasteiger partial charge in [0.25, 0.3) is 0 Å². The van der Waals surface area contributed by atoms with E-state index in [0.29, 0.717) is 19.3 Å². The van der Waals surface area contributed by atoms with Crippen LogP contribution in [0.5, 0.6) is 0 Å². The maximum Gasteiger partial charge on any atom is 0.230 e. The first-order chi connectivity index (χ1) is 12.0. The molecule has 5 N–H and O–H groups in total. The molecule has 138 valence electrons. The monoisotopic (exact) mass is 371 g/mol. The summed E-state index contributed by atoms with van der Waals surface area (Å²) >= 11 is 0.804. The van der Waals surface area contributed by atoms with Crippen molar-refractivity contribution in [3.63, 3.8) is 0 Å². The first-order valence-electron chi connectivity index (χ1n) is 7.37. The highest BCUT2D eigenvalue weighted by Gasteiger charge is 2.17. The molecule has 0 aromatic carbocycles. The minimum atomic E-state index is -0.431. The van der Waals surface area contributed by atoms with Crippen molar-refractivity contribution in [2.45, 2.75) is 20.3 Å². The van der Waals surface area contributed by atoms with Gasteiger partial charge >= 0.3 is 0 Å². The Balaban J connectivity index is 5.35. The third-order valence-corrected chi connectivity index (χ3v) is 3.43. The van der Waals surface area contributed by atoms with Crippen LogP contribution >= 0.6 is 11.8 Å². The van der Waals surface area contributed by atoms with Gasteiger partial charge in [-0.25, -0.2) is 9.38 Å². The second-order valence-corrected chi connectivity index (χ2v) is 5.28. The number of carbonyl (C=O) groups is 1. The Bertz CT molecular complexity index is 600. The van der Waals surface area contributed by atoms with Crippen LogP contribution < -0.4 is 10.8 Å². The van der Waals surface area contributed by atoms with Crippen LogP contribution in [0.2, 0.25) is 0 Å². The van der Waals surface area contributed by atoms with Gasteiger partial charge in [0.15, 0.2) is 10.9 Å². The smallest absolute Gasteiger partial charge is 0.230 e. The molecule has 0 aromatic heterocycles. The number of halogens is 1. The van der Waals surface area contributed by atoms with Gasteiger partial charge in [-0.1, -0.05) is 29.9 Å². The molecule has 0 aliphatic heterocycles. The maximum atomic E-state index is 12.2. The van der Waals surface area contributed by atoms with Gasteiger partial charge in [-0.15, -0.1) is 0 Å². The number of rotatable bonds is 9. The minimum Gasteiger partial charge on any atom is -0.410 e. The highest BCUT2D eigenvalue weighted by atomic mass is 32.2. The highest BCUT2D eigenvalue weighted by Crippen LogP contribution is 2.08. The number of allylic oxidation sites excluding steroid dienone is 4. The quantitative estimate of drug-likeness (QED) is 0.140. The average molecular weight is 371 g/mol. The molecule has 0 rings (SSSR count). The largest absolute Gasteiger partial charge is 0.410 e. The molecule has 0 aliphatic rings. The topological polar surface area (TPSA) is 130 Å². The van der Waals surface area contributed by atoms with Crippen molar-refractivity contribution in [3.05, 3.63) is 36.3 Å². The van der Waals surface area contributed by atoms with Crippen LogP contribution in [-0.4, -0.2) is 45.2 Å². The first-order valence-corrected chi connectivity index (χ1v) is 8.35. The van der Waals surface area contributed by atoms with Crippen LogP contribution in [0.4, 0.5) is 4.39 Å². The fourth-order valence-corrected chi connectivity index (χ4v) is 2.07. The number of hydrogen-bond acceptors (Lipinski definition) is 7. The predicted octanol–water partition coefficient (Wildman–Crippen LogP) is 2.37. The Morgan fingerprint density at radius 1 is 1.40 bits per heavy atom. The van der Waals surface area contributed by atoms with E-state index in [9.17, 15) is 14.4 Å². The number of hydrogen-bond donors (Lipinski definition) is 5. The number of nitrogens with one attached hydrogen (secondary N) is 3. The average Bonchev–Trinajstić information content (AvgIpc) is 2.61. The summed E-state index contributed by atoms with van der Waals surface area (Å²) in [5.41, 5.74) is 1.56. The van der Waals surface area contributed by atoms with Crippen molar-refractivity contribution in [2.24, 2.45) is 10.1 Å². The van der Waals surface area contributed by atoms with E-state index >= 15 is 0 Å². The Labute approximate surface area is 149 Å². The van der Waals surface area contributed by atoms with E-state index < -0.39 is 5.71 Å². The second kappa shape index (κ2) is 13.9. The molecule has 0 unspecified atom stereocenters. The van der Waals surface area contributed by atoms with E-state index in [2.05, 4.69) is 15.5 Å². The third kappa shape index (κ3) is 9.42. The Morgan fingerprint density at radius 3 is 2.64 bits per heavy atom. The number of aliphatic imine (C=N–C) groups is 1. The molecule has 0 radical (unpaired) electrons. The molecular formula is C15H22FN5O3S. The highest BCUT2D eigenvalue weighted by molar-refractivity contribution is 8.16. The van der Waals surface area contributed by atoms with E-state index in [1.165, 1.54) is 6.08 Å². The van der Waals surface area contributed by atoms with E-state index in [4.69, 9.17) is 10.6 Å². The number of oxime groups is 1. The lowest BCUT2D eigenvalue weighted by molar-refractivity contribution is -0.118. The van der Waals surface area contributed by atoms with Crippen LogP contribution in [-0.2, 0) is 4.79 Å². The SMILES string of the molecule is CC\C=C/C(=C\C=C\F)N=C(NO)C(=N)/C(=N\O)SCC(=O)NCC. The number of carbonyl (C=O) groups excluding carboxylic acids is 1. The summed E-state index contributed by atoms with van der Waals surface area (Å²) in [4.78, 5) is 15.4. The van der Waals surface area contributed by atoms with Gasteiger partial charge in [0.2, 0.25) is 5.91 Å². The lowest BCUT2D eigenvalue weighted by Crippen LogP contribution is -2.33. The van der Waals surface area contributed by atoms with Gasteiger partial charge in [0.05, 0.1) is 17.8 Å². The molecule has 0 heterocycles. The van der Waals surface area contributed by atoms with Crippen LogP contribution in [0.1, 0.15) is 20.3 Å². The summed E-state index contributed by atoms with van der Waals surface area (Å²) < 4.78 is 12.2. The fourth-order valence-electron chi connectivity index (χ4n) is 1.40. The zero-order chi connectivity index (χ0) is 19.1. The number of nitrogens with zero attached hydrogens (tertiary/aromatic N) is 2. The van der Waals surface area contributed by atoms with Crippen molar-refractivity contribution in [1.82, 2.24) is 10.8 Å². The molecule has 0 aromatic rings.